The Morgan fingerprint density at radius 3 is 2.56 bits per heavy atom. The second-order valence-electron chi connectivity index (χ2n) is 4.14. The monoisotopic (exact) mass is 275 g/mol. The highest BCUT2D eigenvalue weighted by atomic mass is 32.2. The number of nitrogens with zero attached hydrogens (tertiary/aromatic N) is 2. The number of carbonyl (C=O) groups is 3. The van der Waals surface area contributed by atoms with E-state index in [9.17, 15) is 14.4 Å². The fourth-order valence-electron chi connectivity index (χ4n) is 1.54. The second-order valence-corrected chi connectivity index (χ2v) is 5.49. The molecular formula is C10H17N3O4S. The fourth-order valence-corrected chi connectivity index (χ4v) is 2.71. The lowest BCUT2D eigenvalue weighted by Crippen LogP contribution is -2.51. The van der Waals surface area contributed by atoms with Crippen molar-refractivity contribution in [3.63, 3.8) is 0 Å². The Kier molecular flexibility index (Phi) is 4.83. The molecule has 18 heavy (non-hydrogen) atoms. The topological polar surface area (TPSA) is 90.0 Å². The summed E-state index contributed by atoms with van der Waals surface area (Å²) in [6, 6.07) is -1.35. The summed E-state index contributed by atoms with van der Waals surface area (Å²) in [5, 5.41) is 11.2. The van der Waals surface area contributed by atoms with Crippen LogP contribution in [0.3, 0.4) is 0 Å². The number of carbonyl (C=O) groups excluding carboxylic acids is 2. The summed E-state index contributed by atoms with van der Waals surface area (Å²) in [4.78, 5) is 36.8. The van der Waals surface area contributed by atoms with E-state index >= 15 is 0 Å². The maximum atomic E-state index is 11.9. The van der Waals surface area contributed by atoms with Crippen LogP contribution in [-0.2, 0) is 9.59 Å². The van der Waals surface area contributed by atoms with Crippen LogP contribution in [0.2, 0.25) is 0 Å². The third kappa shape index (κ3) is 3.28. The van der Waals surface area contributed by atoms with Gasteiger partial charge in [0, 0.05) is 19.8 Å². The van der Waals surface area contributed by atoms with E-state index in [-0.39, 0.29) is 17.8 Å². The molecule has 8 heteroatoms. The van der Waals surface area contributed by atoms with Gasteiger partial charge in [-0.25, -0.2) is 9.59 Å². The number of rotatable bonds is 3. The van der Waals surface area contributed by atoms with Crippen LogP contribution in [0.15, 0.2) is 0 Å². The molecule has 0 saturated carbocycles. The summed E-state index contributed by atoms with van der Waals surface area (Å²) in [5.74, 6) is -0.901. The second kappa shape index (κ2) is 5.94. The maximum Gasteiger partial charge on any atom is 0.327 e. The summed E-state index contributed by atoms with van der Waals surface area (Å²) in [6.45, 7) is 1.63. The maximum absolute atomic E-state index is 11.9. The zero-order chi connectivity index (χ0) is 13.9. The summed E-state index contributed by atoms with van der Waals surface area (Å²) in [6.07, 6.45) is 0. The molecule has 3 amide bonds. The van der Waals surface area contributed by atoms with Gasteiger partial charge in [-0.2, -0.15) is 0 Å². The molecular weight excluding hydrogens is 258 g/mol. The first-order valence-electron chi connectivity index (χ1n) is 5.45. The Morgan fingerprint density at radius 2 is 2.06 bits per heavy atom. The minimum Gasteiger partial charge on any atom is -0.480 e. The molecule has 2 unspecified atom stereocenters. The summed E-state index contributed by atoms with van der Waals surface area (Å²) in [7, 11) is 3.17. The molecule has 0 aromatic heterocycles. The lowest BCUT2D eigenvalue weighted by atomic mass is 10.3. The Balaban J connectivity index is 2.59. The molecule has 0 aliphatic carbocycles. The van der Waals surface area contributed by atoms with Crippen molar-refractivity contribution in [3.05, 3.63) is 0 Å². The summed E-state index contributed by atoms with van der Waals surface area (Å²) < 4.78 is 0. The minimum atomic E-state index is -1.03. The molecule has 1 fully saturated rings. The number of aliphatic carboxylic acids is 1. The number of nitrogens with one attached hydrogen (secondary N) is 1. The van der Waals surface area contributed by atoms with Crippen LogP contribution in [-0.4, -0.2) is 70.6 Å². The molecule has 0 bridgehead atoms. The Bertz CT molecular complexity index is 361. The van der Waals surface area contributed by atoms with Crippen molar-refractivity contribution in [2.75, 3.05) is 26.4 Å². The van der Waals surface area contributed by atoms with Crippen LogP contribution in [0.4, 0.5) is 4.79 Å². The van der Waals surface area contributed by atoms with Crippen LogP contribution in [0, 0.1) is 0 Å². The van der Waals surface area contributed by atoms with E-state index in [1.165, 1.54) is 21.6 Å². The van der Waals surface area contributed by atoms with Gasteiger partial charge in [-0.05, 0) is 6.92 Å². The highest BCUT2D eigenvalue weighted by Gasteiger charge is 2.39. The van der Waals surface area contributed by atoms with Crippen molar-refractivity contribution in [2.45, 2.75) is 18.3 Å². The third-order valence-electron chi connectivity index (χ3n) is 2.63. The lowest BCUT2D eigenvalue weighted by Gasteiger charge is -2.25. The first-order chi connectivity index (χ1) is 8.34. The molecule has 1 heterocycles. The quantitative estimate of drug-likeness (QED) is 0.733. The van der Waals surface area contributed by atoms with E-state index in [1.54, 1.807) is 21.0 Å². The van der Waals surface area contributed by atoms with Crippen LogP contribution >= 0.6 is 11.8 Å². The standard InChI is InChI=1S/C10H17N3O4S/c1-6-13(7(5-18-6)9(15)16)10(17)11-4-8(14)12(2)3/h6-7H,4-5H2,1-3H3,(H,11,17)(H,15,16). The molecule has 0 radical (unpaired) electrons. The fraction of sp³-hybridized carbons (Fsp3) is 0.700. The SMILES string of the molecule is CC1SCC(C(=O)O)N1C(=O)NCC(=O)N(C)C. The Labute approximate surface area is 109 Å². The Hall–Kier alpha value is -1.44. The zero-order valence-electron chi connectivity index (χ0n) is 10.5. The number of likely N-dealkylation sites (N-methyl/N-ethyl adjacent to an activating group) is 1. The van der Waals surface area contributed by atoms with Gasteiger partial charge in [0.15, 0.2) is 0 Å². The van der Waals surface area contributed by atoms with Gasteiger partial charge < -0.3 is 15.3 Å². The van der Waals surface area contributed by atoms with Gasteiger partial charge in [-0.15, -0.1) is 11.8 Å². The predicted molar refractivity (Wildman–Crippen MR) is 67.3 cm³/mol. The number of thioether (sulfide) groups is 1. The van der Waals surface area contributed by atoms with E-state index < -0.39 is 18.0 Å². The molecule has 102 valence electrons. The van der Waals surface area contributed by atoms with E-state index in [4.69, 9.17) is 5.11 Å². The lowest BCUT2D eigenvalue weighted by molar-refractivity contribution is -0.141. The molecule has 1 aliphatic heterocycles. The van der Waals surface area contributed by atoms with Gasteiger partial charge in [0.1, 0.15) is 6.04 Å². The van der Waals surface area contributed by atoms with Gasteiger partial charge in [-0.1, -0.05) is 0 Å². The van der Waals surface area contributed by atoms with E-state index in [0.717, 1.165) is 0 Å². The largest absolute Gasteiger partial charge is 0.480 e. The number of carboxylic acids is 1. The number of hydrogen-bond donors (Lipinski definition) is 2. The van der Waals surface area contributed by atoms with E-state index in [1.807, 2.05) is 0 Å². The molecule has 0 aromatic carbocycles. The average molecular weight is 275 g/mol. The number of hydrogen-bond acceptors (Lipinski definition) is 4. The van der Waals surface area contributed by atoms with Crippen molar-refractivity contribution in [3.8, 4) is 0 Å². The molecule has 1 aliphatic rings. The van der Waals surface area contributed by atoms with Crippen molar-refractivity contribution in [1.82, 2.24) is 15.1 Å². The third-order valence-corrected chi connectivity index (χ3v) is 3.85. The smallest absolute Gasteiger partial charge is 0.327 e. The van der Waals surface area contributed by atoms with Gasteiger partial charge >= 0.3 is 12.0 Å². The molecule has 2 N–H and O–H groups in total. The number of carboxylic acid groups (broad SMARTS) is 1. The van der Waals surface area contributed by atoms with Gasteiger partial charge in [0.05, 0.1) is 11.9 Å². The number of urea groups is 1. The first kappa shape index (κ1) is 14.6. The van der Waals surface area contributed by atoms with Crippen molar-refractivity contribution >= 4 is 29.7 Å². The van der Waals surface area contributed by atoms with Crippen molar-refractivity contribution in [1.29, 1.82) is 0 Å². The summed E-state index contributed by atoms with van der Waals surface area (Å²) in [5.41, 5.74) is 0. The van der Waals surface area contributed by atoms with Gasteiger partial charge in [-0.3, -0.25) is 9.69 Å². The van der Waals surface area contributed by atoms with Crippen LogP contribution in [0.5, 0.6) is 0 Å². The van der Waals surface area contributed by atoms with Gasteiger partial charge in [0.25, 0.3) is 0 Å². The van der Waals surface area contributed by atoms with E-state index in [0.29, 0.717) is 5.75 Å². The predicted octanol–water partition coefficient (Wildman–Crippen LogP) is -0.368. The molecule has 1 saturated heterocycles. The van der Waals surface area contributed by atoms with Gasteiger partial charge in [0.2, 0.25) is 5.91 Å². The molecule has 0 aromatic rings. The Morgan fingerprint density at radius 1 is 1.44 bits per heavy atom. The molecule has 0 spiro atoms. The highest BCUT2D eigenvalue weighted by molar-refractivity contribution is 8.00. The molecule has 7 nitrogen and oxygen atoms in total. The van der Waals surface area contributed by atoms with Crippen LogP contribution in [0.1, 0.15) is 6.92 Å². The van der Waals surface area contributed by atoms with E-state index in [2.05, 4.69) is 5.32 Å². The highest BCUT2D eigenvalue weighted by Crippen LogP contribution is 2.28. The average Bonchev–Trinajstić information content (AvgIpc) is 2.67. The molecule has 2 atom stereocenters. The normalized spacial score (nSPS) is 22.7. The van der Waals surface area contributed by atoms with Crippen molar-refractivity contribution in [2.24, 2.45) is 0 Å². The number of amides is 3. The summed E-state index contributed by atoms with van der Waals surface area (Å²) >= 11 is 1.40. The molecule has 1 rings (SSSR count). The van der Waals surface area contributed by atoms with Crippen LogP contribution < -0.4 is 5.32 Å². The first-order valence-corrected chi connectivity index (χ1v) is 6.50. The zero-order valence-corrected chi connectivity index (χ0v) is 11.4. The van der Waals surface area contributed by atoms with Crippen LogP contribution in [0.25, 0.3) is 0 Å². The van der Waals surface area contributed by atoms with Crippen molar-refractivity contribution < 1.29 is 19.5 Å². The minimum absolute atomic E-state index is 0.133.